The number of nitrogens with one attached hydrogen (secondary N) is 1. The molecule has 218 valence electrons. The minimum absolute atomic E-state index is 0.00135. The van der Waals surface area contributed by atoms with Crippen molar-refractivity contribution >= 4 is 11.9 Å². The van der Waals surface area contributed by atoms with Crippen molar-refractivity contribution in [3.8, 4) is 0 Å². The zero-order valence-corrected chi connectivity index (χ0v) is 25.1. The first kappa shape index (κ1) is 29.8. The fraction of sp³-hybridized carbons (Fsp3) is 0.938. The Morgan fingerprint density at radius 2 is 1.76 bits per heavy atom. The Bertz CT molecular complexity index is 846. The van der Waals surface area contributed by atoms with E-state index in [1.807, 2.05) is 13.8 Å². The van der Waals surface area contributed by atoms with Crippen molar-refractivity contribution in [3.63, 3.8) is 0 Å². The fourth-order valence-electron chi connectivity index (χ4n) is 10.1. The Morgan fingerprint density at radius 3 is 2.42 bits per heavy atom. The van der Waals surface area contributed by atoms with Crippen LogP contribution in [0.15, 0.2) is 0 Å². The summed E-state index contributed by atoms with van der Waals surface area (Å²) in [5.74, 6) is 3.47. The molecule has 4 rings (SSSR count). The lowest BCUT2D eigenvalue weighted by Crippen LogP contribution is -2.59. The van der Waals surface area contributed by atoms with Crippen LogP contribution in [0.2, 0.25) is 0 Å². The first-order valence-electron chi connectivity index (χ1n) is 15.6. The quantitative estimate of drug-likeness (QED) is 0.290. The van der Waals surface area contributed by atoms with Gasteiger partial charge >= 0.3 is 11.9 Å². The van der Waals surface area contributed by atoms with Gasteiger partial charge in [-0.05, 0) is 123 Å². The van der Waals surface area contributed by atoms with Gasteiger partial charge in [0.2, 0.25) is 0 Å². The van der Waals surface area contributed by atoms with Crippen molar-refractivity contribution in [2.24, 2.45) is 52.3 Å². The number of aliphatic hydroxyl groups excluding tert-OH is 1. The average molecular weight is 534 g/mol. The minimum atomic E-state index is -0.249. The number of hydrogen-bond donors (Lipinski definition) is 2. The number of rotatable bonds is 9. The number of fused-ring (bicyclic) bond motifs is 5. The van der Waals surface area contributed by atoms with Gasteiger partial charge in [0.1, 0.15) is 12.1 Å². The van der Waals surface area contributed by atoms with Gasteiger partial charge in [-0.1, -0.05) is 34.6 Å². The van der Waals surface area contributed by atoms with Crippen molar-refractivity contribution in [2.75, 3.05) is 13.7 Å². The lowest BCUT2D eigenvalue weighted by molar-refractivity contribution is -0.181. The van der Waals surface area contributed by atoms with Crippen LogP contribution < -0.4 is 5.32 Å². The van der Waals surface area contributed by atoms with Gasteiger partial charge in [-0.2, -0.15) is 0 Å². The summed E-state index contributed by atoms with van der Waals surface area (Å²) in [6.07, 6.45) is 11.0. The SMILES string of the molecule is COC(=O)C(NCCC[C@@H](C)[C@H]1CC[C@H]2[C@@H]3CC[C@@H]4C[C@H](OC(C)=O)CC[C@]4(C)[C@H]3C[C@H](O)[C@]12C)C(C)C. The van der Waals surface area contributed by atoms with E-state index in [0.717, 1.165) is 45.1 Å². The zero-order chi connectivity index (χ0) is 27.8. The molecule has 0 aromatic heterocycles. The third kappa shape index (κ3) is 5.42. The van der Waals surface area contributed by atoms with Gasteiger partial charge in [-0.25, -0.2) is 0 Å². The minimum Gasteiger partial charge on any atom is -0.468 e. The highest BCUT2D eigenvalue weighted by atomic mass is 16.5. The van der Waals surface area contributed by atoms with Crippen LogP contribution in [-0.2, 0) is 19.1 Å². The molecular formula is C32H55NO5. The van der Waals surface area contributed by atoms with E-state index in [0.29, 0.717) is 35.5 Å². The van der Waals surface area contributed by atoms with Gasteiger partial charge in [0, 0.05) is 6.92 Å². The summed E-state index contributed by atoms with van der Waals surface area (Å²) in [7, 11) is 1.46. The molecule has 0 amide bonds. The van der Waals surface area contributed by atoms with E-state index < -0.39 is 0 Å². The third-order valence-corrected chi connectivity index (χ3v) is 12.1. The molecule has 0 aromatic rings. The maximum atomic E-state index is 12.1. The van der Waals surface area contributed by atoms with Crippen LogP contribution in [0.4, 0.5) is 0 Å². The van der Waals surface area contributed by atoms with Gasteiger partial charge in [-0.3, -0.25) is 9.59 Å². The number of hydrogen-bond acceptors (Lipinski definition) is 6. The molecule has 1 unspecified atom stereocenters. The Kier molecular flexibility index (Phi) is 9.24. The molecule has 0 heterocycles. The Morgan fingerprint density at radius 1 is 1.03 bits per heavy atom. The summed E-state index contributed by atoms with van der Waals surface area (Å²) in [6.45, 7) is 13.8. The molecule has 2 N–H and O–H groups in total. The predicted molar refractivity (Wildman–Crippen MR) is 149 cm³/mol. The van der Waals surface area contributed by atoms with E-state index in [4.69, 9.17) is 9.47 Å². The second-order valence-corrected chi connectivity index (χ2v) is 14.3. The van der Waals surface area contributed by atoms with Crippen molar-refractivity contribution in [2.45, 2.75) is 124 Å². The Hall–Kier alpha value is -1.14. The maximum absolute atomic E-state index is 12.1. The van der Waals surface area contributed by atoms with Gasteiger partial charge in [0.25, 0.3) is 0 Å². The van der Waals surface area contributed by atoms with Crippen LogP contribution in [0.3, 0.4) is 0 Å². The Balaban J connectivity index is 1.38. The van der Waals surface area contributed by atoms with E-state index in [1.54, 1.807) is 0 Å². The fourth-order valence-corrected chi connectivity index (χ4v) is 10.1. The number of ether oxygens (including phenoxy) is 2. The summed E-state index contributed by atoms with van der Waals surface area (Å²) < 4.78 is 10.6. The van der Waals surface area contributed by atoms with Crippen molar-refractivity contribution < 1.29 is 24.2 Å². The van der Waals surface area contributed by atoms with Gasteiger partial charge < -0.3 is 19.9 Å². The summed E-state index contributed by atoms with van der Waals surface area (Å²) in [4.78, 5) is 23.6. The summed E-state index contributed by atoms with van der Waals surface area (Å²) in [5, 5.41) is 15.3. The smallest absolute Gasteiger partial charge is 0.323 e. The summed E-state index contributed by atoms with van der Waals surface area (Å²) in [6, 6.07) is -0.249. The second kappa shape index (κ2) is 11.8. The summed E-state index contributed by atoms with van der Waals surface area (Å²) in [5.41, 5.74) is 0.252. The number of carbonyl (C=O) groups excluding carboxylic acids is 2. The van der Waals surface area contributed by atoms with E-state index in [1.165, 1.54) is 39.7 Å². The molecule has 0 aliphatic heterocycles. The van der Waals surface area contributed by atoms with Gasteiger partial charge in [0.15, 0.2) is 0 Å². The molecule has 0 saturated heterocycles. The van der Waals surface area contributed by atoms with Crippen LogP contribution in [-0.4, -0.2) is 48.9 Å². The second-order valence-electron chi connectivity index (χ2n) is 14.3. The number of esters is 2. The first-order valence-corrected chi connectivity index (χ1v) is 15.6. The van der Waals surface area contributed by atoms with Crippen LogP contribution in [0, 0.1) is 52.3 Å². The van der Waals surface area contributed by atoms with E-state index in [2.05, 4.69) is 26.1 Å². The molecule has 4 aliphatic rings. The predicted octanol–water partition coefficient (Wildman–Crippen LogP) is 5.75. The Labute approximate surface area is 231 Å². The van der Waals surface area contributed by atoms with E-state index >= 15 is 0 Å². The maximum Gasteiger partial charge on any atom is 0.323 e. The van der Waals surface area contributed by atoms with Crippen molar-refractivity contribution in [1.82, 2.24) is 5.32 Å². The van der Waals surface area contributed by atoms with E-state index in [-0.39, 0.29) is 46.9 Å². The lowest BCUT2D eigenvalue weighted by atomic mass is 9.43. The lowest BCUT2D eigenvalue weighted by Gasteiger charge is -2.62. The topological polar surface area (TPSA) is 84.9 Å². The van der Waals surface area contributed by atoms with Crippen molar-refractivity contribution in [3.05, 3.63) is 0 Å². The number of carbonyl (C=O) groups is 2. The molecule has 38 heavy (non-hydrogen) atoms. The molecule has 11 atom stereocenters. The summed E-state index contributed by atoms with van der Waals surface area (Å²) >= 11 is 0. The molecule has 4 aliphatic carbocycles. The molecule has 0 aromatic carbocycles. The van der Waals surface area contributed by atoms with Gasteiger partial charge in [-0.15, -0.1) is 0 Å². The third-order valence-electron chi connectivity index (χ3n) is 12.1. The monoisotopic (exact) mass is 533 g/mol. The first-order chi connectivity index (χ1) is 17.9. The van der Waals surface area contributed by atoms with E-state index in [9.17, 15) is 14.7 Å². The zero-order valence-electron chi connectivity index (χ0n) is 25.1. The largest absolute Gasteiger partial charge is 0.468 e. The molecule has 4 saturated carbocycles. The number of methoxy groups -OCH3 is 1. The molecule has 0 spiro atoms. The molecule has 0 bridgehead atoms. The molecule has 6 heteroatoms. The normalized spacial score (nSPS) is 42.0. The number of aliphatic hydroxyl groups is 1. The molecule has 4 fully saturated rings. The van der Waals surface area contributed by atoms with Crippen LogP contribution in [0.1, 0.15) is 106 Å². The van der Waals surface area contributed by atoms with Crippen LogP contribution in [0.25, 0.3) is 0 Å². The molecule has 6 nitrogen and oxygen atoms in total. The highest BCUT2D eigenvalue weighted by Crippen LogP contribution is 2.68. The highest BCUT2D eigenvalue weighted by molar-refractivity contribution is 5.75. The standard InChI is InChI=1S/C32H55NO5/c1-19(2)29(30(36)37-7)33-16-8-9-20(3)25-12-13-26-24-11-10-22-17-23(38-21(4)34)14-15-31(22,5)27(24)18-28(35)32(25,26)6/h19-20,22-29,33,35H,8-18H2,1-7H3/t20-,22-,23-,24+,25-,26+,27+,28+,29?,31+,32-/m1/s1. The molecule has 0 radical (unpaired) electrons. The van der Waals surface area contributed by atoms with Crippen LogP contribution >= 0.6 is 0 Å². The van der Waals surface area contributed by atoms with Crippen molar-refractivity contribution in [1.29, 1.82) is 0 Å². The van der Waals surface area contributed by atoms with Crippen LogP contribution in [0.5, 0.6) is 0 Å². The van der Waals surface area contributed by atoms with Gasteiger partial charge in [0.05, 0.1) is 13.2 Å². The average Bonchev–Trinajstić information content (AvgIpc) is 3.22. The highest BCUT2D eigenvalue weighted by Gasteiger charge is 2.63. The molecular weight excluding hydrogens is 478 g/mol.